The zero-order chi connectivity index (χ0) is 6.85. The Morgan fingerprint density at radius 2 is 1.89 bits per heavy atom. The van der Waals surface area contributed by atoms with E-state index < -0.39 is 0 Å². The van der Waals surface area contributed by atoms with E-state index in [2.05, 4.69) is 13.8 Å². The minimum atomic E-state index is 0.542. The molecule has 1 rings (SSSR count). The van der Waals surface area contributed by atoms with Crippen molar-refractivity contribution in [3.05, 3.63) is 0 Å². The smallest absolute Gasteiger partial charge is 0.0599 e. The first-order valence-electron chi connectivity index (χ1n) is 3.76. The Bertz CT molecular complexity index is 90.6. The van der Waals surface area contributed by atoms with Gasteiger partial charge in [0.2, 0.25) is 0 Å². The van der Waals surface area contributed by atoms with E-state index in [1.165, 1.54) is 12.8 Å². The molecular weight excluding hydrogens is 112 g/mol. The summed E-state index contributed by atoms with van der Waals surface area (Å²) in [5, 5.41) is 0. The van der Waals surface area contributed by atoms with E-state index >= 15 is 0 Å². The zero-order valence-corrected chi connectivity index (χ0v) is 6.55. The van der Waals surface area contributed by atoms with Crippen molar-refractivity contribution >= 4 is 0 Å². The van der Waals surface area contributed by atoms with Crippen LogP contribution in [0.3, 0.4) is 0 Å². The minimum absolute atomic E-state index is 0.542. The van der Waals surface area contributed by atoms with Gasteiger partial charge in [-0.25, -0.2) is 0 Å². The molecule has 1 saturated carbocycles. The van der Waals surface area contributed by atoms with Gasteiger partial charge in [0, 0.05) is 7.11 Å². The van der Waals surface area contributed by atoms with Gasteiger partial charge in [-0.3, -0.25) is 0 Å². The molecule has 1 aliphatic rings. The van der Waals surface area contributed by atoms with Gasteiger partial charge in [-0.15, -0.1) is 0 Å². The van der Waals surface area contributed by atoms with E-state index in [4.69, 9.17) is 4.74 Å². The summed E-state index contributed by atoms with van der Waals surface area (Å²) < 4.78 is 5.29. The van der Waals surface area contributed by atoms with Gasteiger partial charge >= 0.3 is 0 Å². The normalized spacial score (nSPS) is 43.7. The van der Waals surface area contributed by atoms with Crippen molar-refractivity contribution in [3.63, 3.8) is 0 Å². The molecule has 0 amide bonds. The van der Waals surface area contributed by atoms with Crippen LogP contribution in [0.1, 0.15) is 26.7 Å². The summed E-state index contributed by atoms with van der Waals surface area (Å²) in [6, 6.07) is 0. The lowest BCUT2D eigenvalue weighted by atomic mass is 10.1. The maximum atomic E-state index is 5.29. The van der Waals surface area contributed by atoms with E-state index in [0.717, 1.165) is 11.8 Å². The summed E-state index contributed by atoms with van der Waals surface area (Å²) >= 11 is 0. The van der Waals surface area contributed by atoms with E-state index in [0.29, 0.717) is 6.10 Å². The van der Waals surface area contributed by atoms with Crippen LogP contribution in [-0.2, 0) is 4.74 Å². The Balaban J connectivity index is 2.38. The average Bonchev–Trinajstić information content (AvgIpc) is 2.10. The highest BCUT2D eigenvalue weighted by Gasteiger charge is 2.27. The summed E-state index contributed by atoms with van der Waals surface area (Å²) in [5.41, 5.74) is 0. The van der Waals surface area contributed by atoms with Crippen LogP contribution < -0.4 is 0 Å². The predicted octanol–water partition coefficient (Wildman–Crippen LogP) is 2.07. The number of hydrogen-bond acceptors (Lipinski definition) is 1. The van der Waals surface area contributed by atoms with Crippen molar-refractivity contribution in [2.75, 3.05) is 7.11 Å². The van der Waals surface area contributed by atoms with Crippen LogP contribution in [0, 0.1) is 11.8 Å². The first-order chi connectivity index (χ1) is 4.24. The van der Waals surface area contributed by atoms with Crippen LogP contribution in [0.15, 0.2) is 0 Å². The lowest BCUT2D eigenvalue weighted by Crippen LogP contribution is -2.12. The first-order valence-corrected chi connectivity index (χ1v) is 3.76. The minimum Gasteiger partial charge on any atom is -0.381 e. The van der Waals surface area contributed by atoms with E-state index in [1.54, 1.807) is 0 Å². The SMILES string of the molecule is COC1CC(C)CC1C. The average molecular weight is 128 g/mol. The maximum Gasteiger partial charge on any atom is 0.0599 e. The van der Waals surface area contributed by atoms with Gasteiger partial charge < -0.3 is 4.74 Å². The molecule has 0 bridgehead atoms. The summed E-state index contributed by atoms with van der Waals surface area (Å²) in [4.78, 5) is 0. The molecule has 3 atom stereocenters. The highest BCUT2D eigenvalue weighted by atomic mass is 16.5. The summed E-state index contributed by atoms with van der Waals surface area (Å²) in [5.74, 6) is 1.66. The molecule has 1 fully saturated rings. The van der Waals surface area contributed by atoms with Gasteiger partial charge in [-0.1, -0.05) is 13.8 Å². The summed E-state index contributed by atoms with van der Waals surface area (Å²) in [6.07, 6.45) is 3.15. The molecule has 54 valence electrons. The van der Waals surface area contributed by atoms with Crippen LogP contribution in [-0.4, -0.2) is 13.2 Å². The molecule has 0 saturated heterocycles. The molecule has 0 aromatic heterocycles. The second-order valence-electron chi connectivity index (χ2n) is 3.33. The highest BCUT2D eigenvalue weighted by Crippen LogP contribution is 2.31. The van der Waals surface area contributed by atoms with Crippen molar-refractivity contribution in [1.82, 2.24) is 0 Å². The van der Waals surface area contributed by atoms with Crippen LogP contribution in [0.25, 0.3) is 0 Å². The van der Waals surface area contributed by atoms with Crippen molar-refractivity contribution < 1.29 is 4.74 Å². The van der Waals surface area contributed by atoms with Crippen molar-refractivity contribution in [2.24, 2.45) is 11.8 Å². The number of rotatable bonds is 1. The zero-order valence-electron chi connectivity index (χ0n) is 6.55. The van der Waals surface area contributed by atoms with Gasteiger partial charge in [0.15, 0.2) is 0 Å². The topological polar surface area (TPSA) is 9.23 Å². The Hall–Kier alpha value is -0.0400. The number of methoxy groups -OCH3 is 1. The molecule has 0 N–H and O–H groups in total. The van der Waals surface area contributed by atoms with Crippen LogP contribution in [0.5, 0.6) is 0 Å². The highest BCUT2D eigenvalue weighted by molar-refractivity contribution is 4.78. The Kier molecular flexibility index (Phi) is 2.12. The van der Waals surface area contributed by atoms with E-state index in [9.17, 15) is 0 Å². The molecule has 0 aromatic carbocycles. The van der Waals surface area contributed by atoms with Crippen molar-refractivity contribution in [3.8, 4) is 0 Å². The molecule has 0 heterocycles. The van der Waals surface area contributed by atoms with E-state index in [-0.39, 0.29) is 0 Å². The second kappa shape index (κ2) is 2.70. The fourth-order valence-corrected chi connectivity index (χ4v) is 1.84. The second-order valence-corrected chi connectivity index (χ2v) is 3.33. The molecule has 1 nitrogen and oxygen atoms in total. The molecule has 0 radical (unpaired) electrons. The third-order valence-corrected chi connectivity index (χ3v) is 2.35. The molecular formula is C8H16O. The lowest BCUT2D eigenvalue weighted by molar-refractivity contribution is 0.0760. The Morgan fingerprint density at radius 1 is 1.22 bits per heavy atom. The number of hydrogen-bond donors (Lipinski definition) is 0. The molecule has 9 heavy (non-hydrogen) atoms. The van der Waals surface area contributed by atoms with Gasteiger partial charge in [-0.2, -0.15) is 0 Å². The van der Waals surface area contributed by atoms with Gasteiger partial charge in [0.05, 0.1) is 6.10 Å². The molecule has 0 spiro atoms. The predicted molar refractivity (Wildman–Crippen MR) is 38.4 cm³/mol. The lowest BCUT2D eigenvalue weighted by Gasteiger charge is -2.11. The number of ether oxygens (including phenoxy) is 1. The largest absolute Gasteiger partial charge is 0.381 e. The summed E-state index contributed by atoms with van der Waals surface area (Å²) in [6.45, 7) is 4.58. The standard InChI is InChI=1S/C8H16O/c1-6-4-7(2)8(5-6)9-3/h6-8H,4-5H2,1-3H3. The van der Waals surface area contributed by atoms with Crippen LogP contribution >= 0.6 is 0 Å². The van der Waals surface area contributed by atoms with Gasteiger partial charge in [0.1, 0.15) is 0 Å². The molecule has 0 aliphatic heterocycles. The first kappa shape index (κ1) is 7.07. The molecule has 1 heteroatoms. The summed E-state index contributed by atoms with van der Waals surface area (Å²) in [7, 11) is 1.82. The van der Waals surface area contributed by atoms with Crippen molar-refractivity contribution in [2.45, 2.75) is 32.8 Å². The Labute approximate surface area is 57.4 Å². The molecule has 0 aromatic rings. The Morgan fingerprint density at radius 3 is 2.11 bits per heavy atom. The van der Waals surface area contributed by atoms with Crippen LogP contribution in [0.4, 0.5) is 0 Å². The van der Waals surface area contributed by atoms with Gasteiger partial charge in [-0.05, 0) is 24.7 Å². The molecule has 1 aliphatic carbocycles. The van der Waals surface area contributed by atoms with E-state index in [1.807, 2.05) is 7.11 Å². The third kappa shape index (κ3) is 1.45. The molecule has 3 unspecified atom stereocenters. The monoisotopic (exact) mass is 128 g/mol. The van der Waals surface area contributed by atoms with Crippen LogP contribution in [0.2, 0.25) is 0 Å². The fourth-order valence-electron chi connectivity index (χ4n) is 1.84. The maximum absolute atomic E-state index is 5.29. The fraction of sp³-hybridized carbons (Fsp3) is 1.00. The van der Waals surface area contributed by atoms with Crippen molar-refractivity contribution in [1.29, 1.82) is 0 Å². The van der Waals surface area contributed by atoms with Gasteiger partial charge in [0.25, 0.3) is 0 Å². The quantitative estimate of drug-likeness (QED) is 0.525. The third-order valence-electron chi connectivity index (χ3n) is 2.35.